The van der Waals surface area contributed by atoms with Crippen LogP contribution in [-0.4, -0.2) is 45.2 Å². The number of carboxylic acid groups (broad SMARTS) is 1. The fourth-order valence-corrected chi connectivity index (χ4v) is 4.24. The number of likely N-dealkylation sites (tertiary alicyclic amines) is 1. The molecular formula is C18H25FN2O3. The van der Waals surface area contributed by atoms with Crippen LogP contribution < -0.4 is 0 Å². The van der Waals surface area contributed by atoms with Crippen LogP contribution in [0.1, 0.15) is 57.1 Å². The molecule has 24 heavy (non-hydrogen) atoms. The molecule has 1 aliphatic heterocycles. The van der Waals surface area contributed by atoms with Crippen molar-refractivity contribution in [3.63, 3.8) is 0 Å². The van der Waals surface area contributed by atoms with Crippen molar-refractivity contribution < 1.29 is 19.1 Å². The second-order valence-corrected chi connectivity index (χ2v) is 8.04. The molecule has 2 heterocycles. The van der Waals surface area contributed by atoms with E-state index in [2.05, 4.69) is 0 Å². The second-order valence-electron chi connectivity index (χ2n) is 8.04. The molecule has 1 amide bonds. The highest BCUT2D eigenvalue weighted by molar-refractivity contribution is 5.92. The number of halogens is 1. The maximum Gasteiger partial charge on any atom is 0.352 e. The van der Waals surface area contributed by atoms with Crippen molar-refractivity contribution in [3.05, 3.63) is 24.0 Å². The van der Waals surface area contributed by atoms with Crippen molar-refractivity contribution in [1.82, 2.24) is 9.47 Å². The average Bonchev–Trinajstić information content (AvgIpc) is 2.94. The number of carbonyl (C=O) groups excluding carboxylic acids is 1. The number of hydrogen-bond donors (Lipinski definition) is 1. The molecule has 1 aromatic heterocycles. The fourth-order valence-electron chi connectivity index (χ4n) is 4.24. The van der Waals surface area contributed by atoms with E-state index in [0.717, 1.165) is 0 Å². The summed E-state index contributed by atoms with van der Waals surface area (Å²) in [4.78, 5) is 25.6. The molecule has 0 bridgehead atoms. The summed E-state index contributed by atoms with van der Waals surface area (Å²) in [5, 5.41) is 9.22. The number of carbonyl (C=O) groups is 2. The Morgan fingerprint density at radius 2 is 1.71 bits per heavy atom. The number of carboxylic acids is 1. The molecule has 1 saturated carbocycles. The Bertz CT molecular complexity index is 670. The molecule has 1 saturated heterocycles. The highest BCUT2D eigenvalue weighted by atomic mass is 19.1. The highest BCUT2D eigenvalue weighted by Gasteiger charge is 2.83. The molecule has 0 atom stereocenters. The van der Waals surface area contributed by atoms with E-state index in [1.807, 2.05) is 0 Å². The van der Waals surface area contributed by atoms with Gasteiger partial charge in [-0.2, -0.15) is 0 Å². The Kier molecular flexibility index (Phi) is 3.59. The van der Waals surface area contributed by atoms with Crippen molar-refractivity contribution in [3.8, 4) is 0 Å². The molecule has 132 valence electrons. The lowest BCUT2D eigenvalue weighted by molar-refractivity contribution is -0.142. The largest absolute Gasteiger partial charge is 0.477 e. The summed E-state index contributed by atoms with van der Waals surface area (Å²) in [7, 11) is 0. The van der Waals surface area contributed by atoms with Crippen LogP contribution in [0.3, 0.4) is 0 Å². The van der Waals surface area contributed by atoms with Gasteiger partial charge in [-0.3, -0.25) is 4.79 Å². The van der Waals surface area contributed by atoms with Gasteiger partial charge < -0.3 is 14.6 Å². The van der Waals surface area contributed by atoms with Crippen molar-refractivity contribution in [2.45, 2.75) is 52.2 Å². The number of nitrogens with zero attached hydrogens (tertiary/aromatic N) is 2. The van der Waals surface area contributed by atoms with Gasteiger partial charge in [0, 0.05) is 36.2 Å². The Hall–Kier alpha value is -1.85. The molecule has 0 radical (unpaired) electrons. The van der Waals surface area contributed by atoms with Crippen LogP contribution in [-0.2, 0) is 4.79 Å². The van der Waals surface area contributed by atoms with E-state index in [0.29, 0.717) is 25.9 Å². The van der Waals surface area contributed by atoms with E-state index in [-0.39, 0.29) is 11.7 Å². The lowest BCUT2D eigenvalue weighted by Crippen LogP contribution is -2.46. The fraction of sp³-hybridized carbons (Fsp3) is 0.667. The minimum atomic E-state index is -1.81. The third kappa shape index (κ3) is 1.98. The van der Waals surface area contributed by atoms with Gasteiger partial charge in [0.25, 0.3) is 5.91 Å². The topological polar surface area (TPSA) is 62.5 Å². The van der Waals surface area contributed by atoms with E-state index in [9.17, 15) is 14.7 Å². The number of aromatic carboxylic acids is 1. The first-order chi connectivity index (χ1) is 11.1. The molecule has 1 aromatic rings. The smallest absolute Gasteiger partial charge is 0.352 e. The van der Waals surface area contributed by atoms with E-state index >= 15 is 4.39 Å². The van der Waals surface area contributed by atoms with Crippen LogP contribution in [0, 0.1) is 10.8 Å². The van der Waals surface area contributed by atoms with Gasteiger partial charge in [0.1, 0.15) is 5.69 Å². The SMILES string of the molecule is CC1(C)C(C)(C)C1(F)C(=O)N1CCC(n2cccc2C(=O)O)CC1. The lowest BCUT2D eigenvalue weighted by Gasteiger charge is -2.34. The number of amides is 1. The molecule has 1 N–H and O–H groups in total. The summed E-state index contributed by atoms with van der Waals surface area (Å²) >= 11 is 0. The molecule has 2 fully saturated rings. The first-order valence-electron chi connectivity index (χ1n) is 8.44. The Balaban J connectivity index is 1.69. The molecule has 0 spiro atoms. The zero-order chi connectivity index (χ0) is 17.9. The summed E-state index contributed by atoms with van der Waals surface area (Å²) in [5.41, 5.74) is -2.88. The summed E-state index contributed by atoms with van der Waals surface area (Å²) in [6, 6.07) is 3.32. The van der Waals surface area contributed by atoms with Gasteiger partial charge in [-0.25, -0.2) is 9.18 Å². The minimum absolute atomic E-state index is 0.0333. The molecule has 5 nitrogen and oxygen atoms in total. The number of aromatic nitrogens is 1. The van der Waals surface area contributed by atoms with Crippen LogP contribution in [0.2, 0.25) is 0 Å². The Morgan fingerprint density at radius 3 is 2.17 bits per heavy atom. The van der Waals surface area contributed by atoms with E-state index in [1.54, 1.807) is 55.5 Å². The Labute approximate surface area is 141 Å². The van der Waals surface area contributed by atoms with E-state index in [1.165, 1.54) is 0 Å². The molecule has 0 unspecified atom stereocenters. The van der Waals surface area contributed by atoms with Gasteiger partial charge in [0.05, 0.1) is 0 Å². The van der Waals surface area contributed by atoms with Crippen LogP contribution in [0.25, 0.3) is 0 Å². The van der Waals surface area contributed by atoms with Gasteiger partial charge in [-0.05, 0) is 25.0 Å². The molecular weight excluding hydrogens is 311 g/mol. The van der Waals surface area contributed by atoms with Crippen LogP contribution in [0.5, 0.6) is 0 Å². The van der Waals surface area contributed by atoms with E-state index < -0.39 is 28.4 Å². The van der Waals surface area contributed by atoms with Crippen molar-refractivity contribution in [2.24, 2.45) is 10.8 Å². The van der Waals surface area contributed by atoms with Crippen LogP contribution >= 0.6 is 0 Å². The normalized spacial score (nSPS) is 24.6. The number of hydrogen-bond acceptors (Lipinski definition) is 2. The highest BCUT2D eigenvalue weighted by Crippen LogP contribution is 2.74. The van der Waals surface area contributed by atoms with E-state index in [4.69, 9.17) is 0 Å². The predicted molar refractivity (Wildman–Crippen MR) is 87.6 cm³/mol. The van der Waals surface area contributed by atoms with Gasteiger partial charge in [-0.15, -0.1) is 0 Å². The summed E-state index contributed by atoms with van der Waals surface area (Å²) in [6.07, 6.45) is 3.03. The molecule has 0 aromatic carbocycles. The zero-order valence-electron chi connectivity index (χ0n) is 14.7. The second kappa shape index (κ2) is 5.07. The minimum Gasteiger partial charge on any atom is -0.477 e. The summed E-state index contributed by atoms with van der Waals surface area (Å²) in [5.74, 6) is -1.37. The standard InChI is InChI=1S/C18H25FN2O3/c1-16(2)17(3,4)18(16,19)15(24)20-10-7-12(8-11-20)21-9-5-6-13(21)14(22)23/h5-6,9,12H,7-8,10-11H2,1-4H3,(H,22,23). The van der Waals surface area contributed by atoms with Gasteiger partial charge in [-0.1, -0.05) is 27.7 Å². The van der Waals surface area contributed by atoms with Gasteiger partial charge in [0.15, 0.2) is 5.67 Å². The van der Waals surface area contributed by atoms with Crippen molar-refractivity contribution in [1.29, 1.82) is 0 Å². The lowest BCUT2D eigenvalue weighted by atomic mass is 10.0. The van der Waals surface area contributed by atoms with Crippen LogP contribution in [0.15, 0.2) is 18.3 Å². The molecule has 1 aliphatic carbocycles. The zero-order valence-corrected chi connectivity index (χ0v) is 14.7. The summed E-state index contributed by atoms with van der Waals surface area (Å²) < 4.78 is 17.1. The average molecular weight is 336 g/mol. The maximum atomic E-state index is 15.3. The quantitative estimate of drug-likeness (QED) is 0.922. The van der Waals surface area contributed by atoms with Crippen molar-refractivity contribution in [2.75, 3.05) is 13.1 Å². The van der Waals surface area contributed by atoms with Crippen LogP contribution in [0.4, 0.5) is 4.39 Å². The number of piperidine rings is 1. The predicted octanol–water partition coefficient (Wildman–Crippen LogP) is 3.12. The Morgan fingerprint density at radius 1 is 1.17 bits per heavy atom. The first-order valence-corrected chi connectivity index (χ1v) is 8.44. The maximum absolute atomic E-state index is 15.3. The molecule has 6 heteroatoms. The number of alkyl halides is 1. The molecule has 3 rings (SSSR count). The third-order valence-electron chi connectivity index (χ3n) is 6.66. The third-order valence-corrected chi connectivity index (χ3v) is 6.66. The van der Waals surface area contributed by atoms with Gasteiger partial charge in [0.2, 0.25) is 0 Å². The van der Waals surface area contributed by atoms with Crippen molar-refractivity contribution >= 4 is 11.9 Å². The monoisotopic (exact) mass is 336 g/mol. The summed E-state index contributed by atoms with van der Waals surface area (Å²) in [6.45, 7) is 8.12. The first kappa shape index (κ1) is 17.0. The number of rotatable bonds is 3. The molecule has 2 aliphatic rings. The van der Waals surface area contributed by atoms with Gasteiger partial charge >= 0.3 is 5.97 Å².